The maximum absolute atomic E-state index is 5.93. The van der Waals surface area contributed by atoms with Gasteiger partial charge in [-0.25, -0.2) is 4.98 Å². The van der Waals surface area contributed by atoms with Crippen LogP contribution in [0.2, 0.25) is 0 Å². The molecule has 26 heavy (non-hydrogen) atoms. The molecule has 2 aliphatic rings. The van der Waals surface area contributed by atoms with Crippen LogP contribution in [0, 0.1) is 5.92 Å². The van der Waals surface area contributed by atoms with E-state index in [0.717, 1.165) is 50.0 Å². The van der Waals surface area contributed by atoms with Crippen molar-refractivity contribution in [2.24, 2.45) is 5.92 Å². The molecular formula is C20H26N4O2. The number of aromatic nitrogens is 2. The van der Waals surface area contributed by atoms with Crippen LogP contribution in [-0.2, 0) is 6.54 Å². The molecule has 2 aromatic heterocycles. The van der Waals surface area contributed by atoms with Crippen molar-refractivity contribution in [3.05, 3.63) is 48.4 Å². The number of likely N-dealkylation sites (tertiary alicyclic amines) is 2. The van der Waals surface area contributed by atoms with Crippen molar-refractivity contribution in [2.45, 2.75) is 18.5 Å². The number of methoxy groups -OCH3 is 1. The van der Waals surface area contributed by atoms with Gasteiger partial charge in [-0.3, -0.25) is 14.8 Å². The Bertz CT molecular complexity index is 734. The molecule has 0 amide bonds. The molecular weight excluding hydrogens is 328 g/mol. The van der Waals surface area contributed by atoms with Gasteiger partial charge in [0.05, 0.1) is 19.9 Å². The summed E-state index contributed by atoms with van der Waals surface area (Å²) in [6, 6.07) is 7.95. The summed E-state index contributed by atoms with van der Waals surface area (Å²) in [6.45, 7) is 4.91. The zero-order valence-corrected chi connectivity index (χ0v) is 15.5. The van der Waals surface area contributed by atoms with Crippen molar-refractivity contribution in [3.8, 4) is 11.6 Å². The average Bonchev–Trinajstić information content (AvgIpc) is 2.97. The Labute approximate surface area is 154 Å². The van der Waals surface area contributed by atoms with E-state index in [0.29, 0.717) is 11.5 Å². The van der Waals surface area contributed by atoms with Crippen LogP contribution in [0.5, 0.6) is 11.6 Å². The van der Waals surface area contributed by atoms with Gasteiger partial charge in [0.25, 0.3) is 0 Å². The van der Waals surface area contributed by atoms with Gasteiger partial charge in [0, 0.05) is 55.6 Å². The largest absolute Gasteiger partial charge is 0.492 e. The van der Waals surface area contributed by atoms with Gasteiger partial charge in [0.1, 0.15) is 5.75 Å². The highest BCUT2D eigenvalue weighted by Gasteiger charge is 2.51. The zero-order chi connectivity index (χ0) is 18.0. The van der Waals surface area contributed by atoms with Crippen LogP contribution >= 0.6 is 0 Å². The van der Waals surface area contributed by atoms with E-state index in [9.17, 15) is 0 Å². The SMILES string of the molecule is COc1ncccc1CN1CC2(C[C@H](COc3cccnc3)CN2C)C1. The summed E-state index contributed by atoms with van der Waals surface area (Å²) in [4.78, 5) is 13.4. The quantitative estimate of drug-likeness (QED) is 0.792. The molecule has 0 saturated carbocycles. The Hall–Kier alpha value is -2.18. The van der Waals surface area contributed by atoms with E-state index in [1.807, 2.05) is 18.2 Å². The fourth-order valence-corrected chi connectivity index (χ4v) is 4.33. The van der Waals surface area contributed by atoms with Gasteiger partial charge in [0.2, 0.25) is 5.88 Å². The number of nitrogens with zero attached hydrogens (tertiary/aromatic N) is 4. The lowest BCUT2D eigenvalue weighted by molar-refractivity contribution is -0.0226. The molecule has 1 spiro atoms. The maximum atomic E-state index is 5.93. The summed E-state index contributed by atoms with van der Waals surface area (Å²) < 4.78 is 11.3. The van der Waals surface area contributed by atoms with Gasteiger partial charge in [-0.1, -0.05) is 6.07 Å². The van der Waals surface area contributed by atoms with E-state index in [2.05, 4.69) is 32.9 Å². The first-order valence-electron chi connectivity index (χ1n) is 9.13. The lowest BCUT2D eigenvalue weighted by atomic mass is 9.84. The van der Waals surface area contributed by atoms with E-state index in [1.165, 1.54) is 6.42 Å². The highest BCUT2D eigenvalue weighted by molar-refractivity contribution is 5.26. The second kappa shape index (κ2) is 7.21. The van der Waals surface area contributed by atoms with Crippen LogP contribution in [0.25, 0.3) is 0 Å². The minimum atomic E-state index is 0.290. The third-order valence-corrected chi connectivity index (χ3v) is 5.60. The Morgan fingerprint density at radius 2 is 2.08 bits per heavy atom. The predicted molar refractivity (Wildman–Crippen MR) is 99.3 cm³/mol. The zero-order valence-electron chi connectivity index (χ0n) is 15.5. The number of hydrogen-bond donors (Lipinski definition) is 0. The standard InChI is InChI=1S/C20H26N4O2/c1-23-11-16(13-26-18-6-4-7-21-10-18)9-20(23)14-24(15-20)12-17-5-3-8-22-19(17)25-2/h3-8,10,16H,9,11-15H2,1-2H3/t16-/m0/s1. The second-order valence-corrected chi connectivity index (χ2v) is 7.49. The number of pyridine rings is 2. The Balaban J connectivity index is 1.30. The van der Waals surface area contributed by atoms with Crippen molar-refractivity contribution in [1.82, 2.24) is 19.8 Å². The monoisotopic (exact) mass is 354 g/mol. The van der Waals surface area contributed by atoms with Crippen LogP contribution in [0.4, 0.5) is 0 Å². The molecule has 2 saturated heterocycles. The summed E-state index contributed by atoms with van der Waals surface area (Å²) in [5.74, 6) is 2.15. The minimum absolute atomic E-state index is 0.290. The average molecular weight is 354 g/mol. The smallest absolute Gasteiger partial charge is 0.217 e. The van der Waals surface area contributed by atoms with Crippen molar-refractivity contribution < 1.29 is 9.47 Å². The molecule has 0 radical (unpaired) electrons. The molecule has 0 N–H and O–H groups in total. The fraction of sp³-hybridized carbons (Fsp3) is 0.500. The number of rotatable bonds is 6. The molecule has 1 atom stereocenters. The van der Waals surface area contributed by atoms with E-state index in [-0.39, 0.29) is 0 Å². The Kier molecular flexibility index (Phi) is 4.78. The van der Waals surface area contributed by atoms with E-state index in [1.54, 1.807) is 25.7 Å². The van der Waals surface area contributed by atoms with Crippen LogP contribution in [0.1, 0.15) is 12.0 Å². The summed E-state index contributed by atoms with van der Waals surface area (Å²) in [7, 11) is 3.92. The summed E-state index contributed by atoms with van der Waals surface area (Å²) in [5.41, 5.74) is 1.44. The first-order valence-corrected chi connectivity index (χ1v) is 9.13. The van der Waals surface area contributed by atoms with Crippen molar-refractivity contribution in [2.75, 3.05) is 40.4 Å². The van der Waals surface area contributed by atoms with Crippen molar-refractivity contribution in [3.63, 3.8) is 0 Å². The highest BCUT2D eigenvalue weighted by atomic mass is 16.5. The van der Waals surface area contributed by atoms with Gasteiger partial charge >= 0.3 is 0 Å². The van der Waals surface area contributed by atoms with Crippen LogP contribution in [0.15, 0.2) is 42.9 Å². The van der Waals surface area contributed by atoms with Gasteiger partial charge in [0.15, 0.2) is 0 Å². The van der Waals surface area contributed by atoms with Gasteiger partial charge in [-0.05, 0) is 31.7 Å². The third kappa shape index (κ3) is 3.39. The fourth-order valence-electron chi connectivity index (χ4n) is 4.33. The van der Waals surface area contributed by atoms with Gasteiger partial charge < -0.3 is 9.47 Å². The second-order valence-electron chi connectivity index (χ2n) is 7.49. The third-order valence-electron chi connectivity index (χ3n) is 5.60. The first kappa shape index (κ1) is 17.2. The van der Waals surface area contributed by atoms with E-state index in [4.69, 9.17) is 9.47 Å². The number of hydrogen-bond acceptors (Lipinski definition) is 6. The lowest BCUT2D eigenvalue weighted by Gasteiger charge is -2.52. The van der Waals surface area contributed by atoms with Gasteiger partial charge in [-0.2, -0.15) is 0 Å². The van der Waals surface area contributed by atoms with Crippen molar-refractivity contribution in [1.29, 1.82) is 0 Å². The highest BCUT2D eigenvalue weighted by Crippen LogP contribution is 2.40. The lowest BCUT2D eigenvalue weighted by Crippen LogP contribution is -2.66. The number of likely N-dealkylation sites (N-methyl/N-ethyl adjacent to an activating group) is 1. The van der Waals surface area contributed by atoms with E-state index < -0.39 is 0 Å². The molecule has 4 heterocycles. The molecule has 0 unspecified atom stereocenters. The summed E-state index contributed by atoms with van der Waals surface area (Å²) in [5, 5.41) is 0. The predicted octanol–water partition coefficient (Wildman–Crippen LogP) is 2.07. The molecule has 2 fully saturated rings. The Morgan fingerprint density at radius 1 is 1.23 bits per heavy atom. The van der Waals surface area contributed by atoms with Crippen molar-refractivity contribution >= 4 is 0 Å². The molecule has 4 rings (SSSR count). The molecule has 6 nitrogen and oxygen atoms in total. The van der Waals surface area contributed by atoms with Gasteiger partial charge in [-0.15, -0.1) is 0 Å². The van der Waals surface area contributed by atoms with Crippen LogP contribution in [-0.4, -0.2) is 65.7 Å². The molecule has 0 aliphatic carbocycles. The summed E-state index contributed by atoms with van der Waals surface area (Å²) in [6.07, 6.45) is 6.51. The van der Waals surface area contributed by atoms with E-state index >= 15 is 0 Å². The molecule has 138 valence electrons. The maximum Gasteiger partial charge on any atom is 0.217 e. The van der Waals surface area contributed by atoms with Crippen LogP contribution < -0.4 is 9.47 Å². The number of ether oxygens (including phenoxy) is 2. The molecule has 2 aromatic rings. The normalized spacial score (nSPS) is 22.3. The molecule has 2 aliphatic heterocycles. The summed E-state index contributed by atoms with van der Waals surface area (Å²) >= 11 is 0. The van der Waals surface area contributed by atoms with Crippen LogP contribution in [0.3, 0.4) is 0 Å². The molecule has 6 heteroatoms. The molecule has 0 aromatic carbocycles. The molecule has 0 bridgehead atoms. The minimum Gasteiger partial charge on any atom is -0.492 e. The topological polar surface area (TPSA) is 50.7 Å². The Morgan fingerprint density at radius 3 is 2.85 bits per heavy atom. The first-order chi connectivity index (χ1) is 12.7.